The number of hydrogen-bond donors (Lipinski definition) is 2. The monoisotopic (exact) mass is 387 g/mol. The van der Waals surface area contributed by atoms with Gasteiger partial charge in [-0.3, -0.25) is 0 Å². The molecule has 4 heterocycles. The van der Waals surface area contributed by atoms with Gasteiger partial charge in [0.05, 0.1) is 36.8 Å². The number of halogens is 1. The van der Waals surface area contributed by atoms with E-state index >= 15 is 0 Å². The topological polar surface area (TPSA) is 108 Å². The first-order valence-electron chi connectivity index (χ1n) is 9.74. The van der Waals surface area contributed by atoms with Crippen LogP contribution < -0.4 is 16.2 Å². The van der Waals surface area contributed by atoms with Crippen molar-refractivity contribution in [1.29, 1.82) is 0 Å². The standard InChI is InChI=1S/C19H26FN7O/c1-12(4-6-21)28-19-14(9-13(20)10-23-19)16-3-2-7-26(16)17-5-8-27-18(25-17)15(22)11-24-27/h9-12,16H,2-8,21-22H2,1H3/t12-,16+/m0/s1. The molecule has 1 saturated heterocycles. The van der Waals surface area contributed by atoms with Crippen LogP contribution in [-0.2, 0) is 6.54 Å². The van der Waals surface area contributed by atoms with Crippen LogP contribution in [0, 0.1) is 5.82 Å². The summed E-state index contributed by atoms with van der Waals surface area (Å²) in [7, 11) is 0. The Bertz CT molecular complexity index is 881. The predicted molar refractivity (Wildman–Crippen MR) is 105 cm³/mol. The van der Waals surface area contributed by atoms with Crippen molar-refractivity contribution in [2.75, 3.05) is 18.8 Å². The third-order valence-corrected chi connectivity index (χ3v) is 5.30. The van der Waals surface area contributed by atoms with Crippen LogP contribution in [0.25, 0.3) is 0 Å². The number of likely N-dealkylation sites (tertiary alicyclic amines) is 1. The lowest BCUT2D eigenvalue weighted by atomic mass is 10.1. The van der Waals surface area contributed by atoms with Gasteiger partial charge in [0.2, 0.25) is 5.88 Å². The lowest BCUT2D eigenvalue weighted by Gasteiger charge is -2.31. The Kier molecular flexibility index (Phi) is 5.17. The fraction of sp³-hybridized carbons (Fsp3) is 0.526. The molecule has 0 aliphatic carbocycles. The van der Waals surface area contributed by atoms with Crippen molar-refractivity contribution in [3.8, 4) is 5.88 Å². The van der Waals surface area contributed by atoms with Crippen molar-refractivity contribution in [3.05, 3.63) is 29.8 Å². The van der Waals surface area contributed by atoms with Gasteiger partial charge in [-0.25, -0.2) is 19.0 Å². The molecule has 0 spiro atoms. The number of aryl methyl sites for hydroxylation is 1. The summed E-state index contributed by atoms with van der Waals surface area (Å²) >= 11 is 0. The van der Waals surface area contributed by atoms with E-state index in [2.05, 4.69) is 15.0 Å². The molecule has 2 aliphatic heterocycles. The minimum Gasteiger partial charge on any atom is -0.474 e. The zero-order valence-electron chi connectivity index (χ0n) is 16.0. The van der Waals surface area contributed by atoms with Crippen LogP contribution >= 0.6 is 0 Å². The van der Waals surface area contributed by atoms with Crippen molar-refractivity contribution < 1.29 is 9.13 Å². The summed E-state index contributed by atoms with van der Waals surface area (Å²) in [4.78, 5) is 11.2. The van der Waals surface area contributed by atoms with E-state index in [1.165, 1.54) is 12.3 Å². The normalized spacial score (nSPS) is 20.0. The maximum Gasteiger partial charge on any atom is 0.219 e. The summed E-state index contributed by atoms with van der Waals surface area (Å²) in [5.41, 5.74) is 13.0. The number of aliphatic imine (C=N–C) groups is 1. The largest absolute Gasteiger partial charge is 0.474 e. The molecule has 4 rings (SSSR count). The highest BCUT2D eigenvalue weighted by Gasteiger charge is 2.33. The third-order valence-electron chi connectivity index (χ3n) is 5.30. The van der Waals surface area contributed by atoms with E-state index in [9.17, 15) is 4.39 Å². The number of hydrogen-bond acceptors (Lipinski definition) is 7. The van der Waals surface area contributed by atoms with Gasteiger partial charge in [0.1, 0.15) is 11.7 Å². The lowest BCUT2D eigenvalue weighted by molar-refractivity contribution is 0.198. The van der Waals surface area contributed by atoms with Gasteiger partial charge in [-0.1, -0.05) is 0 Å². The molecular formula is C19H26FN7O. The Balaban J connectivity index is 1.65. The lowest BCUT2D eigenvalue weighted by Crippen LogP contribution is -2.33. The molecule has 1 fully saturated rings. The molecule has 0 radical (unpaired) electrons. The highest BCUT2D eigenvalue weighted by molar-refractivity contribution is 5.87. The highest BCUT2D eigenvalue weighted by Crippen LogP contribution is 2.39. The van der Waals surface area contributed by atoms with E-state index in [1.54, 1.807) is 6.20 Å². The van der Waals surface area contributed by atoms with E-state index in [0.29, 0.717) is 30.4 Å². The fourth-order valence-electron chi connectivity index (χ4n) is 3.93. The quantitative estimate of drug-likeness (QED) is 0.816. The first-order valence-corrected chi connectivity index (χ1v) is 9.74. The zero-order valence-corrected chi connectivity index (χ0v) is 16.0. The van der Waals surface area contributed by atoms with Crippen LogP contribution in [0.15, 0.2) is 23.5 Å². The van der Waals surface area contributed by atoms with Crippen LogP contribution in [0.4, 0.5) is 15.9 Å². The SMILES string of the molecule is C[C@@H](CCN)Oc1ncc(F)cc1[C@H]1CCCN1C1=Nc2c(N)cnn2CC1. The van der Waals surface area contributed by atoms with E-state index in [0.717, 1.165) is 43.8 Å². The molecule has 0 bridgehead atoms. The van der Waals surface area contributed by atoms with Gasteiger partial charge in [-0.05, 0) is 38.8 Å². The first kappa shape index (κ1) is 18.7. The summed E-state index contributed by atoms with van der Waals surface area (Å²) in [6.45, 7) is 4.06. The molecule has 0 saturated carbocycles. The minimum atomic E-state index is -0.367. The number of pyridine rings is 1. The number of nitrogens with two attached hydrogens (primary N) is 2. The number of fused-ring (bicyclic) bond motifs is 1. The molecule has 2 aromatic rings. The molecule has 0 aromatic carbocycles. The summed E-state index contributed by atoms with van der Waals surface area (Å²) in [5.74, 6) is 1.75. The highest BCUT2D eigenvalue weighted by atomic mass is 19.1. The Labute approximate surface area is 163 Å². The maximum absolute atomic E-state index is 14.0. The van der Waals surface area contributed by atoms with Gasteiger partial charge in [0.15, 0.2) is 5.82 Å². The maximum atomic E-state index is 14.0. The Hall–Kier alpha value is -2.68. The van der Waals surface area contributed by atoms with Crippen molar-refractivity contribution in [2.45, 2.75) is 51.3 Å². The van der Waals surface area contributed by atoms with Gasteiger partial charge in [0, 0.05) is 18.5 Å². The van der Waals surface area contributed by atoms with Gasteiger partial charge in [-0.2, -0.15) is 5.10 Å². The van der Waals surface area contributed by atoms with Crippen LogP contribution in [0.5, 0.6) is 5.88 Å². The zero-order chi connectivity index (χ0) is 19.7. The number of ether oxygens (including phenoxy) is 1. The Morgan fingerprint density at radius 2 is 2.21 bits per heavy atom. The number of aromatic nitrogens is 3. The van der Waals surface area contributed by atoms with Gasteiger partial charge < -0.3 is 21.1 Å². The molecule has 8 nitrogen and oxygen atoms in total. The molecule has 2 aliphatic rings. The Morgan fingerprint density at radius 3 is 3.04 bits per heavy atom. The molecule has 2 aromatic heterocycles. The van der Waals surface area contributed by atoms with E-state index in [1.807, 2.05) is 11.6 Å². The second-order valence-corrected chi connectivity index (χ2v) is 7.33. The number of anilines is 1. The molecule has 28 heavy (non-hydrogen) atoms. The summed E-state index contributed by atoms with van der Waals surface area (Å²) in [6, 6.07) is 1.50. The van der Waals surface area contributed by atoms with Crippen LogP contribution in [0.3, 0.4) is 0 Å². The molecule has 2 atom stereocenters. The number of amidine groups is 1. The molecule has 0 unspecified atom stereocenters. The van der Waals surface area contributed by atoms with Crippen molar-refractivity contribution in [2.24, 2.45) is 10.7 Å². The van der Waals surface area contributed by atoms with Crippen molar-refractivity contribution in [3.63, 3.8) is 0 Å². The van der Waals surface area contributed by atoms with E-state index < -0.39 is 0 Å². The second-order valence-electron chi connectivity index (χ2n) is 7.33. The van der Waals surface area contributed by atoms with Gasteiger partial charge in [0.25, 0.3) is 0 Å². The second kappa shape index (κ2) is 7.75. The van der Waals surface area contributed by atoms with Gasteiger partial charge in [-0.15, -0.1) is 0 Å². The van der Waals surface area contributed by atoms with E-state index in [4.69, 9.17) is 21.2 Å². The number of rotatable bonds is 5. The van der Waals surface area contributed by atoms with Crippen LogP contribution in [-0.4, -0.2) is 44.7 Å². The average molecular weight is 387 g/mol. The minimum absolute atomic E-state index is 0.0299. The van der Waals surface area contributed by atoms with Crippen molar-refractivity contribution >= 4 is 17.3 Å². The average Bonchev–Trinajstić information content (AvgIpc) is 3.30. The molecule has 150 valence electrons. The predicted octanol–water partition coefficient (Wildman–Crippen LogP) is 2.39. The molecule has 0 amide bonds. The summed E-state index contributed by atoms with van der Waals surface area (Å²) < 4.78 is 21.9. The number of nitrogen functional groups attached to an aromatic ring is 1. The first-order chi connectivity index (χ1) is 13.6. The van der Waals surface area contributed by atoms with Gasteiger partial charge >= 0.3 is 0 Å². The fourth-order valence-corrected chi connectivity index (χ4v) is 3.93. The summed E-state index contributed by atoms with van der Waals surface area (Å²) in [6.07, 6.45) is 6.09. The van der Waals surface area contributed by atoms with Crippen molar-refractivity contribution in [1.82, 2.24) is 19.7 Å². The smallest absolute Gasteiger partial charge is 0.219 e. The third kappa shape index (κ3) is 3.54. The van der Waals surface area contributed by atoms with E-state index in [-0.39, 0.29) is 18.0 Å². The molecular weight excluding hydrogens is 361 g/mol. The van der Waals surface area contributed by atoms with Crippen LogP contribution in [0.2, 0.25) is 0 Å². The number of nitrogens with zero attached hydrogens (tertiary/aromatic N) is 5. The Morgan fingerprint density at radius 1 is 1.36 bits per heavy atom. The summed E-state index contributed by atoms with van der Waals surface area (Å²) in [5, 5.41) is 4.25. The molecule has 9 heteroatoms. The molecule has 4 N–H and O–H groups in total. The van der Waals surface area contributed by atoms with Crippen LogP contribution in [0.1, 0.15) is 44.2 Å².